The van der Waals surface area contributed by atoms with Crippen LogP contribution in [0.4, 0.5) is 0 Å². The van der Waals surface area contributed by atoms with Crippen molar-refractivity contribution in [2.24, 2.45) is 0 Å². The Labute approximate surface area is 125 Å². The average Bonchev–Trinajstić information content (AvgIpc) is 3.01. The number of benzene rings is 1. The Kier molecular flexibility index (Phi) is 3.72. The summed E-state index contributed by atoms with van der Waals surface area (Å²) in [7, 11) is 0. The number of aromatic nitrogens is 1. The van der Waals surface area contributed by atoms with Crippen LogP contribution in [-0.4, -0.2) is 10.6 Å². The predicted octanol–water partition coefficient (Wildman–Crippen LogP) is 3.24. The third-order valence-electron chi connectivity index (χ3n) is 3.71. The second kappa shape index (κ2) is 5.53. The highest BCUT2D eigenvalue weighted by Gasteiger charge is 2.31. The van der Waals surface area contributed by atoms with Gasteiger partial charge in [0, 0.05) is 24.9 Å². The van der Waals surface area contributed by atoms with Crippen LogP contribution in [0.25, 0.3) is 0 Å². The summed E-state index contributed by atoms with van der Waals surface area (Å²) in [5.74, 6) is 2.70. The predicted molar refractivity (Wildman–Crippen MR) is 81.3 cm³/mol. The van der Waals surface area contributed by atoms with Gasteiger partial charge in [0.15, 0.2) is 0 Å². The molecule has 1 aromatic heterocycles. The van der Waals surface area contributed by atoms with E-state index in [-0.39, 0.29) is 5.60 Å². The van der Waals surface area contributed by atoms with E-state index < -0.39 is 0 Å². The van der Waals surface area contributed by atoms with Gasteiger partial charge in [-0.25, -0.2) is 4.98 Å². The van der Waals surface area contributed by atoms with E-state index in [1.807, 2.05) is 0 Å². The van der Waals surface area contributed by atoms with Gasteiger partial charge in [-0.05, 0) is 19.4 Å². The highest BCUT2D eigenvalue weighted by atomic mass is 16.5. The minimum absolute atomic E-state index is 0.100. The molecule has 21 heavy (non-hydrogen) atoms. The van der Waals surface area contributed by atoms with Gasteiger partial charge in [0.05, 0.1) is 12.7 Å². The van der Waals surface area contributed by atoms with E-state index in [1.165, 1.54) is 11.1 Å². The molecule has 0 saturated carbocycles. The summed E-state index contributed by atoms with van der Waals surface area (Å²) in [6, 6.07) is 6.36. The molecule has 4 nitrogen and oxygen atoms in total. The third kappa shape index (κ3) is 3.10. The summed E-state index contributed by atoms with van der Waals surface area (Å²) in [5.41, 5.74) is 2.39. The van der Waals surface area contributed by atoms with Crippen LogP contribution in [-0.2, 0) is 25.9 Å². The highest BCUT2D eigenvalue weighted by Crippen LogP contribution is 2.37. The first-order chi connectivity index (χ1) is 10.1. The number of rotatable bonds is 5. The first kappa shape index (κ1) is 14.1. The van der Waals surface area contributed by atoms with Crippen molar-refractivity contribution in [2.45, 2.75) is 52.3 Å². The summed E-state index contributed by atoms with van der Waals surface area (Å²) in [6.45, 7) is 7.70. The van der Waals surface area contributed by atoms with Crippen LogP contribution in [0.5, 0.6) is 5.75 Å². The second-order valence-electron chi connectivity index (χ2n) is 6.12. The molecule has 0 saturated heterocycles. The van der Waals surface area contributed by atoms with E-state index in [2.05, 4.69) is 49.3 Å². The molecule has 1 aliphatic rings. The summed E-state index contributed by atoms with van der Waals surface area (Å²) in [5, 5.41) is 3.38. The number of para-hydroxylation sites is 1. The minimum Gasteiger partial charge on any atom is -0.487 e. The number of oxazole rings is 1. The number of nitrogens with one attached hydrogen (secondary N) is 1. The molecular weight excluding hydrogens is 264 g/mol. The quantitative estimate of drug-likeness (QED) is 0.916. The van der Waals surface area contributed by atoms with Gasteiger partial charge in [-0.15, -0.1) is 0 Å². The zero-order chi connectivity index (χ0) is 14.9. The first-order valence-electron chi connectivity index (χ1n) is 7.51. The van der Waals surface area contributed by atoms with Crippen molar-refractivity contribution >= 4 is 0 Å². The lowest BCUT2D eigenvalue weighted by atomic mass is 10.0. The maximum Gasteiger partial charge on any atom is 0.208 e. The van der Waals surface area contributed by atoms with Gasteiger partial charge in [-0.2, -0.15) is 0 Å². The second-order valence-corrected chi connectivity index (χ2v) is 6.12. The van der Waals surface area contributed by atoms with Crippen LogP contribution >= 0.6 is 0 Å². The molecule has 1 aromatic carbocycles. The summed E-state index contributed by atoms with van der Waals surface area (Å²) in [6.07, 6.45) is 3.64. The van der Waals surface area contributed by atoms with Crippen LogP contribution in [0, 0.1) is 0 Å². The normalized spacial score (nSPS) is 15.8. The maximum atomic E-state index is 6.07. The van der Waals surface area contributed by atoms with E-state index in [4.69, 9.17) is 9.15 Å². The number of ether oxygens (including phenoxy) is 1. The zero-order valence-electron chi connectivity index (χ0n) is 12.9. The lowest BCUT2D eigenvalue weighted by molar-refractivity contribution is 0.137. The largest absolute Gasteiger partial charge is 0.487 e. The monoisotopic (exact) mass is 286 g/mol. The molecule has 0 radical (unpaired) electrons. The van der Waals surface area contributed by atoms with E-state index >= 15 is 0 Å². The fourth-order valence-corrected chi connectivity index (χ4v) is 2.72. The molecule has 0 aliphatic carbocycles. The Balaban J connectivity index is 1.63. The summed E-state index contributed by atoms with van der Waals surface area (Å²) in [4.78, 5) is 4.25. The standard InChI is InChI=1S/C17H22N2O2/c1-4-14-10-19-15(20-14)11-18-9-13-7-5-6-12-8-17(2,3)21-16(12)13/h5-7,10,18H,4,8-9,11H2,1-3H3. The Morgan fingerprint density at radius 1 is 1.29 bits per heavy atom. The molecule has 0 amide bonds. The zero-order valence-corrected chi connectivity index (χ0v) is 12.9. The molecule has 3 rings (SSSR count). The molecule has 4 heteroatoms. The molecular formula is C17H22N2O2. The van der Waals surface area contributed by atoms with Gasteiger partial charge in [-0.1, -0.05) is 25.1 Å². The molecule has 0 unspecified atom stereocenters. The molecule has 2 heterocycles. The molecule has 112 valence electrons. The van der Waals surface area contributed by atoms with Crippen molar-refractivity contribution in [3.8, 4) is 5.75 Å². The SMILES string of the molecule is CCc1cnc(CNCc2cccc3c2OC(C)(C)C3)o1. The Bertz CT molecular complexity index is 631. The molecule has 1 N–H and O–H groups in total. The molecule has 0 bridgehead atoms. The smallest absolute Gasteiger partial charge is 0.208 e. The van der Waals surface area contributed by atoms with Crippen molar-refractivity contribution < 1.29 is 9.15 Å². The fourth-order valence-electron chi connectivity index (χ4n) is 2.72. The third-order valence-corrected chi connectivity index (χ3v) is 3.71. The molecule has 0 atom stereocenters. The van der Waals surface area contributed by atoms with Gasteiger partial charge in [0.2, 0.25) is 5.89 Å². The lowest BCUT2D eigenvalue weighted by Crippen LogP contribution is -2.25. The number of aryl methyl sites for hydroxylation is 1. The van der Waals surface area contributed by atoms with Gasteiger partial charge < -0.3 is 14.5 Å². The number of hydrogen-bond donors (Lipinski definition) is 1. The lowest BCUT2D eigenvalue weighted by Gasteiger charge is -2.18. The number of fused-ring (bicyclic) bond motifs is 1. The topological polar surface area (TPSA) is 47.3 Å². The van der Waals surface area contributed by atoms with Crippen LogP contribution in [0.3, 0.4) is 0 Å². The minimum atomic E-state index is -0.100. The van der Waals surface area contributed by atoms with Crippen LogP contribution in [0.2, 0.25) is 0 Å². The van der Waals surface area contributed by atoms with Gasteiger partial charge in [-0.3, -0.25) is 0 Å². The maximum absolute atomic E-state index is 6.07. The van der Waals surface area contributed by atoms with Crippen molar-refractivity contribution in [1.82, 2.24) is 10.3 Å². The van der Waals surface area contributed by atoms with Crippen LogP contribution in [0.15, 0.2) is 28.8 Å². The highest BCUT2D eigenvalue weighted by molar-refractivity contribution is 5.45. The molecule has 2 aromatic rings. The molecule has 0 fully saturated rings. The van der Waals surface area contributed by atoms with Gasteiger partial charge >= 0.3 is 0 Å². The summed E-state index contributed by atoms with van der Waals surface area (Å²) >= 11 is 0. The van der Waals surface area contributed by atoms with Gasteiger partial charge in [0.1, 0.15) is 17.1 Å². The van der Waals surface area contributed by atoms with Crippen molar-refractivity contribution in [3.05, 3.63) is 47.2 Å². The molecule has 0 spiro atoms. The van der Waals surface area contributed by atoms with Gasteiger partial charge in [0.25, 0.3) is 0 Å². The summed E-state index contributed by atoms with van der Waals surface area (Å²) < 4.78 is 11.7. The van der Waals surface area contributed by atoms with Crippen molar-refractivity contribution in [1.29, 1.82) is 0 Å². The number of nitrogens with zero attached hydrogens (tertiary/aromatic N) is 1. The van der Waals surface area contributed by atoms with E-state index in [0.717, 1.165) is 36.8 Å². The Morgan fingerprint density at radius 2 is 2.14 bits per heavy atom. The van der Waals surface area contributed by atoms with Crippen molar-refractivity contribution in [2.75, 3.05) is 0 Å². The van der Waals surface area contributed by atoms with Crippen LogP contribution in [0.1, 0.15) is 43.5 Å². The van der Waals surface area contributed by atoms with Crippen LogP contribution < -0.4 is 10.1 Å². The first-order valence-corrected chi connectivity index (χ1v) is 7.51. The fraction of sp³-hybridized carbons (Fsp3) is 0.471. The van der Waals surface area contributed by atoms with E-state index in [0.29, 0.717) is 6.54 Å². The molecule has 1 aliphatic heterocycles. The Morgan fingerprint density at radius 3 is 2.90 bits per heavy atom. The van der Waals surface area contributed by atoms with E-state index in [1.54, 1.807) is 6.20 Å². The average molecular weight is 286 g/mol. The van der Waals surface area contributed by atoms with Crippen molar-refractivity contribution in [3.63, 3.8) is 0 Å². The van der Waals surface area contributed by atoms with E-state index in [9.17, 15) is 0 Å². The number of hydrogen-bond acceptors (Lipinski definition) is 4. The Hall–Kier alpha value is -1.81.